The van der Waals surface area contributed by atoms with Gasteiger partial charge in [0.05, 0.1) is 11.2 Å². The summed E-state index contributed by atoms with van der Waals surface area (Å²) in [6.45, 7) is 8.82. The number of aromatic nitrogens is 2. The molecule has 21 heavy (non-hydrogen) atoms. The second-order valence-electron chi connectivity index (χ2n) is 6.42. The molecule has 0 spiro atoms. The predicted molar refractivity (Wildman–Crippen MR) is 88.5 cm³/mol. The number of aryl methyl sites for hydroxylation is 1. The normalized spacial score (nSPS) is 22.6. The van der Waals surface area contributed by atoms with Crippen molar-refractivity contribution in [3.63, 3.8) is 0 Å². The van der Waals surface area contributed by atoms with Crippen LogP contribution in [0.25, 0.3) is 10.9 Å². The van der Waals surface area contributed by atoms with Crippen LogP contribution >= 0.6 is 0 Å². The fourth-order valence-electron chi connectivity index (χ4n) is 3.41. The molecule has 1 heterocycles. The van der Waals surface area contributed by atoms with E-state index in [0.29, 0.717) is 6.04 Å². The first-order chi connectivity index (χ1) is 10.2. The highest BCUT2D eigenvalue weighted by molar-refractivity contribution is 5.82. The number of hydrogen-bond donors (Lipinski definition) is 1. The quantitative estimate of drug-likeness (QED) is 0.842. The van der Waals surface area contributed by atoms with Crippen molar-refractivity contribution in [2.45, 2.75) is 52.6 Å². The highest BCUT2D eigenvalue weighted by Gasteiger charge is 2.39. The van der Waals surface area contributed by atoms with Gasteiger partial charge in [-0.2, -0.15) is 5.10 Å². The molecule has 1 fully saturated rings. The third-order valence-electron chi connectivity index (χ3n) is 4.79. The van der Waals surface area contributed by atoms with E-state index in [2.05, 4.69) is 55.0 Å². The molecule has 1 aromatic carbocycles. The molecule has 3 atom stereocenters. The number of para-hydroxylation sites is 1. The average Bonchev–Trinajstić information content (AvgIpc) is 3.13. The molecule has 0 radical (unpaired) electrons. The molecule has 114 valence electrons. The number of fused-ring (bicyclic) bond motifs is 1. The fourth-order valence-corrected chi connectivity index (χ4v) is 3.41. The Morgan fingerprint density at radius 3 is 2.76 bits per heavy atom. The van der Waals surface area contributed by atoms with Gasteiger partial charge in [0.25, 0.3) is 0 Å². The number of hydrogen-bond acceptors (Lipinski definition) is 2. The second-order valence-corrected chi connectivity index (χ2v) is 6.42. The first-order valence-electron chi connectivity index (χ1n) is 8.42. The summed E-state index contributed by atoms with van der Waals surface area (Å²) in [5.74, 6) is 1.71. The van der Waals surface area contributed by atoms with Crippen molar-refractivity contribution in [2.24, 2.45) is 11.8 Å². The molecule has 1 aliphatic carbocycles. The zero-order valence-electron chi connectivity index (χ0n) is 13.5. The molecule has 3 unspecified atom stereocenters. The Morgan fingerprint density at radius 2 is 2.10 bits per heavy atom. The Bertz CT molecular complexity index is 602. The van der Waals surface area contributed by atoms with Gasteiger partial charge in [-0.1, -0.05) is 32.0 Å². The Balaban J connectivity index is 1.85. The largest absolute Gasteiger partial charge is 0.313 e. The van der Waals surface area contributed by atoms with Gasteiger partial charge >= 0.3 is 0 Å². The van der Waals surface area contributed by atoms with E-state index in [9.17, 15) is 0 Å². The van der Waals surface area contributed by atoms with Gasteiger partial charge in [-0.3, -0.25) is 4.68 Å². The van der Waals surface area contributed by atoms with Crippen molar-refractivity contribution in [1.82, 2.24) is 15.1 Å². The smallest absolute Gasteiger partial charge is 0.0718 e. The maximum absolute atomic E-state index is 4.87. The lowest BCUT2D eigenvalue weighted by Crippen LogP contribution is -2.34. The molecule has 1 aliphatic rings. The third kappa shape index (κ3) is 2.98. The molecule has 0 aliphatic heterocycles. The lowest BCUT2D eigenvalue weighted by Gasteiger charge is -2.17. The molecule has 1 N–H and O–H groups in total. The first-order valence-corrected chi connectivity index (χ1v) is 8.42. The average molecular weight is 285 g/mol. The maximum Gasteiger partial charge on any atom is 0.0718 e. The van der Waals surface area contributed by atoms with Crippen molar-refractivity contribution in [1.29, 1.82) is 0 Å². The highest BCUT2D eigenvalue weighted by Crippen LogP contribution is 2.41. The Morgan fingerprint density at radius 1 is 1.33 bits per heavy atom. The summed E-state index contributed by atoms with van der Waals surface area (Å²) < 4.78 is 2.14. The molecule has 3 rings (SSSR count). The van der Waals surface area contributed by atoms with E-state index in [4.69, 9.17) is 5.10 Å². The summed E-state index contributed by atoms with van der Waals surface area (Å²) in [5, 5.41) is 9.95. The van der Waals surface area contributed by atoms with Crippen LogP contribution in [-0.4, -0.2) is 22.4 Å². The zero-order valence-corrected chi connectivity index (χ0v) is 13.5. The summed E-state index contributed by atoms with van der Waals surface area (Å²) in [6.07, 6.45) is 3.62. The zero-order chi connectivity index (χ0) is 14.8. The van der Waals surface area contributed by atoms with E-state index in [-0.39, 0.29) is 0 Å². The molecule has 1 aromatic heterocycles. The van der Waals surface area contributed by atoms with Crippen molar-refractivity contribution < 1.29 is 0 Å². The topological polar surface area (TPSA) is 29.9 Å². The summed E-state index contributed by atoms with van der Waals surface area (Å²) >= 11 is 0. The maximum atomic E-state index is 4.87. The van der Waals surface area contributed by atoms with E-state index >= 15 is 0 Å². The van der Waals surface area contributed by atoms with Gasteiger partial charge in [0.15, 0.2) is 0 Å². The minimum Gasteiger partial charge on any atom is -0.313 e. The van der Waals surface area contributed by atoms with Crippen LogP contribution in [0.3, 0.4) is 0 Å². The predicted octanol–water partition coefficient (Wildman–Crippen LogP) is 3.62. The second kappa shape index (κ2) is 6.18. The monoisotopic (exact) mass is 285 g/mol. The standard InChI is InChI=1S/C18H27N3/c1-4-10-19-16(15-11-13(15)3)12-17-14-8-6-7-9-18(14)21(5-2)20-17/h6-9,13,15-16,19H,4-5,10-12H2,1-3H3. The van der Waals surface area contributed by atoms with Crippen molar-refractivity contribution >= 4 is 10.9 Å². The molecular formula is C18H27N3. The summed E-state index contributed by atoms with van der Waals surface area (Å²) in [6, 6.07) is 9.22. The molecule has 0 amide bonds. The molecule has 1 saturated carbocycles. The van der Waals surface area contributed by atoms with E-state index in [1.165, 1.54) is 29.4 Å². The summed E-state index contributed by atoms with van der Waals surface area (Å²) in [4.78, 5) is 0. The lowest BCUT2D eigenvalue weighted by molar-refractivity contribution is 0.439. The van der Waals surface area contributed by atoms with Crippen LogP contribution in [0.5, 0.6) is 0 Å². The Kier molecular flexibility index (Phi) is 4.29. The van der Waals surface area contributed by atoms with Crippen LogP contribution in [-0.2, 0) is 13.0 Å². The van der Waals surface area contributed by atoms with Crippen molar-refractivity contribution in [2.75, 3.05) is 6.54 Å². The van der Waals surface area contributed by atoms with Crippen LogP contribution in [0.4, 0.5) is 0 Å². The van der Waals surface area contributed by atoms with Crippen molar-refractivity contribution in [3.8, 4) is 0 Å². The Hall–Kier alpha value is -1.35. The molecule has 0 bridgehead atoms. The molecule has 2 aromatic rings. The van der Waals surface area contributed by atoms with Gasteiger partial charge in [0, 0.05) is 24.4 Å². The number of benzene rings is 1. The van der Waals surface area contributed by atoms with E-state index in [1.54, 1.807) is 0 Å². The number of nitrogens with one attached hydrogen (secondary N) is 1. The van der Waals surface area contributed by atoms with Crippen LogP contribution in [0.15, 0.2) is 24.3 Å². The molecule has 0 saturated heterocycles. The molecular weight excluding hydrogens is 258 g/mol. The van der Waals surface area contributed by atoms with E-state index in [1.807, 2.05) is 0 Å². The van der Waals surface area contributed by atoms with Gasteiger partial charge in [0.1, 0.15) is 0 Å². The van der Waals surface area contributed by atoms with Crippen LogP contribution < -0.4 is 5.32 Å². The lowest BCUT2D eigenvalue weighted by atomic mass is 10.0. The highest BCUT2D eigenvalue weighted by atomic mass is 15.3. The van der Waals surface area contributed by atoms with E-state index in [0.717, 1.165) is 31.3 Å². The summed E-state index contributed by atoms with van der Waals surface area (Å²) in [5.41, 5.74) is 2.54. The third-order valence-corrected chi connectivity index (χ3v) is 4.79. The Labute approximate surface area is 127 Å². The number of rotatable bonds is 7. The van der Waals surface area contributed by atoms with Crippen LogP contribution in [0, 0.1) is 11.8 Å². The minimum absolute atomic E-state index is 0.587. The van der Waals surface area contributed by atoms with Gasteiger partial charge in [0.2, 0.25) is 0 Å². The van der Waals surface area contributed by atoms with E-state index < -0.39 is 0 Å². The van der Waals surface area contributed by atoms with Gasteiger partial charge in [-0.25, -0.2) is 0 Å². The van der Waals surface area contributed by atoms with Gasteiger partial charge < -0.3 is 5.32 Å². The fraction of sp³-hybridized carbons (Fsp3) is 0.611. The first kappa shape index (κ1) is 14.6. The summed E-state index contributed by atoms with van der Waals surface area (Å²) in [7, 11) is 0. The molecule has 3 heteroatoms. The minimum atomic E-state index is 0.587. The van der Waals surface area contributed by atoms with Crippen molar-refractivity contribution in [3.05, 3.63) is 30.0 Å². The SMILES string of the molecule is CCCNC(Cc1nn(CC)c2ccccc12)C1CC1C. The van der Waals surface area contributed by atoms with Crippen LogP contribution in [0.2, 0.25) is 0 Å². The van der Waals surface area contributed by atoms with Crippen LogP contribution in [0.1, 0.15) is 39.3 Å². The molecule has 3 nitrogen and oxygen atoms in total. The van der Waals surface area contributed by atoms with Gasteiger partial charge in [-0.15, -0.1) is 0 Å². The van der Waals surface area contributed by atoms with Gasteiger partial charge in [-0.05, 0) is 44.2 Å². The number of nitrogens with zero attached hydrogens (tertiary/aromatic N) is 2.